The van der Waals surface area contributed by atoms with Crippen molar-refractivity contribution < 1.29 is 9.46 Å². The Morgan fingerprint density at radius 1 is 0.778 bits per heavy atom. The second-order valence-corrected chi connectivity index (χ2v) is 6.08. The fourth-order valence-corrected chi connectivity index (χ4v) is 3.31. The SMILES string of the molecule is Cc1ccc(SSc2ccc(C)c[n+]2[O-])[n+]([O-])c1. The van der Waals surface area contributed by atoms with Crippen LogP contribution in [0.1, 0.15) is 11.1 Å². The summed E-state index contributed by atoms with van der Waals surface area (Å²) in [6, 6.07) is 7.25. The third kappa shape index (κ3) is 3.08. The quantitative estimate of drug-likeness (QED) is 0.492. The highest BCUT2D eigenvalue weighted by atomic mass is 33.1. The number of aromatic nitrogens is 2. The molecule has 2 aromatic heterocycles. The molecule has 0 N–H and O–H groups in total. The van der Waals surface area contributed by atoms with Crippen molar-refractivity contribution in [3.8, 4) is 0 Å². The van der Waals surface area contributed by atoms with Crippen LogP contribution < -0.4 is 9.46 Å². The molecule has 0 atom stereocenters. The Morgan fingerprint density at radius 3 is 1.50 bits per heavy atom. The lowest BCUT2D eigenvalue weighted by Crippen LogP contribution is -2.29. The first kappa shape index (κ1) is 13.0. The molecule has 2 aromatic rings. The van der Waals surface area contributed by atoms with Crippen LogP contribution in [0.2, 0.25) is 0 Å². The largest absolute Gasteiger partial charge is 0.618 e. The number of aryl methyl sites for hydroxylation is 2. The van der Waals surface area contributed by atoms with Crippen molar-refractivity contribution in [3.63, 3.8) is 0 Å². The van der Waals surface area contributed by atoms with Crippen LogP contribution in [0.5, 0.6) is 0 Å². The van der Waals surface area contributed by atoms with Gasteiger partial charge < -0.3 is 10.4 Å². The molecule has 0 amide bonds. The van der Waals surface area contributed by atoms with Gasteiger partial charge >= 0.3 is 0 Å². The van der Waals surface area contributed by atoms with Crippen LogP contribution in [0.4, 0.5) is 0 Å². The zero-order valence-electron chi connectivity index (χ0n) is 9.99. The minimum absolute atomic E-state index is 0.561. The Kier molecular flexibility index (Phi) is 3.98. The molecule has 94 valence electrons. The molecule has 0 saturated carbocycles. The summed E-state index contributed by atoms with van der Waals surface area (Å²) >= 11 is 0. The lowest BCUT2D eigenvalue weighted by molar-refractivity contribution is -0.646. The highest BCUT2D eigenvalue weighted by Gasteiger charge is 2.12. The maximum atomic E-state index is 11.6. The number of pyridine rings is 2. The molecule has 0 radical (unpaired) electrons. The van der Waals surface area contributed by atoms with Crippen molar-refractivity contribution in [2.45, 2.75) is 23.9 Å². The zero-order chi connectivity index (χ0) is 13.1. The third-order valence-corrected chi connectivity index (χ3v) is 4.60. The molecule has 0 bridgehead atoms. The van der Waals surface area contributed by atoms with Gasteiger partial charge in [0.05, 0.1) is 0 Å². The molecule has 0 unspecified atom stereocenters. The third-order valence-electron chi connectivity index (χ3n) is 2.27. The lowest BCUT2D eigenvalue weighted by Gasteiger charge is -2.05. The highest BCUT2D eigenvalue weighted by Crippen LogP contribution is 2.33. The molecule has 2 rings (SSSR count). The van der Waals surface area contributed by atoms with Crippen molar-refractivity contribution >= 4 is 21.6 Å². The Morgan fingerprint density at radius 2 is 1.17 bits per heavy atom. The summed E-state index contributed by atoms with van der Waals surface area (Å²) in [5.74, 6) is 0. The minimum atomic E-state index is 0.561. The van der Waals surface area contributed by atoms with Gasteiger partial charge in [0, 0.05) is 44.8 Å². The Labute approximate surface area is 113 Å². The van der Waals surface area contributed by atoms with Crippen molar-refractivity contribution in [1.82, 2.24) is 0 Å². The van der Waals surface area contributed by atoms with Gasteiger partial charge in [-0.1, -0.05) is 0 Å². The lowest BCUT2D eigenvalue weighted by atomic mass is 10.3. The van der Waals surface area contributed by atoms with Crippen LogP contribution in [-0.4, -0.2) is 0 Å². The van der Waals surface area contributed by atoms with E-state index in [4.69, 9.17) is 0 Å². The number of nitrogens with zero attached hydrogens (tertiary/aromatic N) is 2. The van der Waals surface area contributed by atoms with E-state index >= 15 is 0 Å². The van der Waals surface area contributed by atoms with E-state index in [9.17, 15) is 10.4 Å². The van der Waals surface area contributed by atoms with Crippen LogP contribution in [-0.2, 0) is 0 Å². The maximum Gasteiger partial charge on any atom is 0.262 e. The first-order valence-corrected chi connectivity index (χ1v) is 7.45. The van der Waals surface area contributed by atoms with Crippen molar-refractivity contribution in [1.29, 1.82) is 0 Å². The highest BCUT2D eigenvalue weighted by molar-refractivity contribution is 8.76. The minimum Gasteiger partial charge on any atom is -0.618 e. The van der Waals surface area contributed by atoms with Gasteiger partial charge in [0.1, 0.15) is 0 Å². The predicted octanol–water partition coefficient (Wildman–Crippen LogP) is 2.37. The van der Waals surface area contributed by atoms with Gasteiger partial charge in [0.2, 0.25) is 0 Å². The van der Waals surface area contributed by atoms with Gasteiger partial charge in [-0.15, -0.1) is 0 Å². The molecule has 18 heavy (non-hydrogen) atoms. The van der Waals surface area contributed by atoms with Crippen LogP contribution in [0.15, 0.2) is 46.7 Å². The molecule has 4 nitrogen and oxygen atoms in total. The zero-order valence-corrected chi connectivity index (χ0v) is 11.6. The van der Waals surface area contributed by atoms with Crippen molar-refractivity contribution in [2.75, 3.05) is 0 Å². The van der Waals surface area contributed by atoms with Crippen molar-refractivity contribution in [2.24, 2.45) is 0 Å². The Hall–Kier alpha value is -1.40. The normalized spacial score (nSPS) is 10.6. The average Bonchev–Trinajstić information content (AvgIpc) is 2.30. The van der Waals surface area contributed by atoms with Crippen LogP contribution in [0.3, 0.4) is 0 Å². The van der Waals surface area contributed by atoms with Gasteiger partial charge in [-0.25, -0.2) is 0 Å². The second kappa shape index (κ2) is 5.49. The summed E-state index contributed by atoms with van der Waals surface area (Å²) in [5.41, 5.74) is 1.82. The fourth-order valence-electron chi connectivity index (χ4n) is 1.35. The summed E-state index contributed by atoms with van der Waals surface area (Å²) < 4.78 is 1.63. The number of hydrogen-bond acceptors (Lipinski definition) is 4. The molecule has 0 spiro atoms. The Bertz CT molecular complexity index is 524. The van der Waals surface area contributed by atoms with Crippen molar-refractivity contribution in [3.05, 3.63) is 58.2 Å². The summed E-state index contributed by atoms with van der Waals surface area (Å²) in [4.78, 5) is 0. The smallest absolute Gasteiger partial charge is 0.262 e. The fraction of sp³-hybridized carbons (Fsp3) is 0.167. The van der Waals surface area contributed by atoms with E-state index in [1.54, 1.807) is 12.1 Å². The van der Waals surface area contributed by atoms with E-state index < -0.39 is 0 Å². The molecular formula is C12H12N2O2S2. The van der Waals surface area contributed by atoms with Gasteiger partial charge in [0.15, 0.2) is 12.4 Å². The first-order valence-electron chi connectivity index (χ1n) is 5.30. The standard InChI is InChI=1S/C12H12N2O2S2/c1-9-3-5-11(13(15)7-9)17-18-12-6-4-10(2)8-14(12)16/h3-8H,1-2H3. The molecule has 0 saturated heterocycles. The molecule has 0 aromatic carbocycles. The van der Waals surface area contributed by atoms with Gasteiger partial charge in [0.25, 0.3) is 10.1 Å². The van der Waals surface area contributed by atoms with E-state index in [-0.39, 0.29) is 0 Å². The van der Waals surface area contributed by atoms with E-state index in [2.05, 4.69) is 0 Å². The summed E-state index contributed by atoms with van der Waals surface area (Å²) in [7, 11) is 2.55. The topological polar surface area (TPSA) is 53.9 Å². The number of rotatable bonds is 3. The van der Waals surface area contributed by atoms with E-state index in [1.807, 2.05) is 26.0 Å². The van der Waals surface area contributed by atoms with Gasteiger partial charge in [-0.2, -0.15) is 9.46 Å². The average molecular weight is 280 g/mol. The molecular weight excluding hydrogens is 268 g/mol. The van der Waals surface area contributed by atoms with Gasteiger partial charge in [-0.3, -0.25) is 0 Å². The van der Waals surface area contributed by atoms with E-state index in [1.165, 1.54) is 34.0 Å². The summed E-state index contributed by atoms with van der Waals surface area (Å²) in [6.45, 7) is 3.73. The molecule has 0 aliphatic carbocycles. The van der Waals surface area contributed by atoms with Crippen LogP contribution in [0.25, 0.3) is 0 Å². The molecule has 2 heterocycles. The first-order chi connectivity index (χ1) is 8.56. The molecule has 6 heteroatoms. The number of hydrogen-bond donors (Lipinski definition) is 0. The molecule has 0 aliphatic heterocycles. The molecule has 0 fully saturated rings. The van der Waals surface area contributed by atoms with Gasteiger partial charge in [-0.05, 0) is 26.0 Å². The monoisotopic (exact) mass is 280 g/mol. The summed E-state index contributed by atoms with van der Waals surface area (Å²) in [5, 5.41) is 24.3. The van der Waals surface area contributed by atoms with Crippen LogP contribution in [0, 0.1) is 24.3 Å². The van der Waals surface area contributed by atoms with Crippen LogP contribution >= 0.6 is 21.6 Å². The van der Waals surface area contributed by atoms with E-state index in [0.717, 1.165) is 20.6 Å². The molecule has 0 aliphatic rings. The maximum absolute atomic E-state index is 11.6. The summed E-state index contributed by atoms with van der Waals surface area (Å²) in [6.07, 6.45) is 3.03. The Balaban J connectivity index is 2.11. The predicted molar refractivity (Wildman–Crippen MR) is 72.0 cm³/mol. The second-order valence-electron chi connectivity index (χ2n) is 3.91. The van der Waals surface area contributed by atoms with E-state index in [0.29, 0.717) is 10.1 Å².